The van der Waals surface area contributed by atoms with Crippen LogP contribution in [0.2, 0.25) is 0 Å². The molecule has 0 saturated heterocycles. The highest BCUT2D eigenvalue weighted by Gasteiger charge is 2.28. The highest BCUT2D eigenvalue weighted by molar-refractivity contribution is 6.36. The molecule has 1 N–H and O–H groups in total. The summed E-state index contributed by atoms with van der Waals surface area (Å²) in [5.41, 5.74) is 9.10. The second-order valence-electron chi connectivity index (χ2n) is 3.42. The lowest BCUT2D eigenvalue weighted by Gasteiger charge is -2.00. The van der Waals surface area contributed by atoms with Crippen LogP contribution in [-0.2, 0) is 9.53 Å². The lowest BCUT2D eigenvalue weighted by atomic mass is 10.1. The molecular weight excluding hydrogens is 232 g/mol. The van der Waals surface area contributed by atoms with Crippen molar-refractivity contribution < 1.29 is 19.4 Å². The maximum Gasteiger partial charge on any atom is 0.420 e. The van der Waals surface area contributed by atoms with Gasteiger partial charge >= 0.3 is 11.7 Å². The van der Waals surface area contributed by atoms with Gasteiger partial charge in [-0.2, -0.15) is 4.79 Å². The van der Waals surface area contributed by atoms with E-state index in [1.54, 1.807) is 13.0 Å². The van der Waals surface area contributed by atoms with Gasteiger partial charge in [-0.05, 0) is 18.6 Å². The molecular formula is C13H14N2O3. The molecule has 0 aliphatic carbocycles. The third-order valence-electron chi connectivity index (χ3n) is 2.14. The average Bonchev–Trinajstić information content (AvgIpc) is 2.39. The summed E-state index contributed by atoms with van der Waals surface area (Å²) < 4.78 is 4.64. The van der Waals surface area contributed by atoms with Crippen molar-refractivity contribution in [3.05, 3.63) is 47.5 Å². The van der Waals surface area contributed by atoms with E-state index in [-0.39, 0.29) is 6.61 Å². The number of rotatable bonds is 5. The van der Waals surface area contributed by atoms with Crippen molar-refractivity contribution in [2.75, 3.05) is 6.61 Å². The molecule has 0 radical (unpaired) electrons. The van der Waals surface area contributed by atoms with Crippen LogP contribution in [0.1, 0.15) is 12.5 Å². The van der Waals surface area contributed by atoms with Gasteiger partial charge in [0.1, 0.15) is 0 Å². The van der Waals surface area contributed by atoms with Crippen LogP contribution < -0.4 is 0 Å². The first-order chi connectivity index (χ1) is 8.69. The number of aliphatic hydroxyl groups excluding tert-OH is 1. The van der Waals surface area contributed by atoms with Crippen LogP contribution >= 0.6 is 0 Å². The average molecular weight is 246 g/mol. The van der Waals surface area contributed by atoms with E-state index >= 15 is 0 Å². The molecule has 0 unspecified atom stereocenters. The number of hydrogen-bond acceptors (Lipinski definition) is 3. The molecule has 5 heteroatoms. The standard InChI is InChI=1S/C13H14N2O3/c1-2-18-13(17)12(15-14)11(16)9-8-10-6-4-3-5-7-10/h3-9,11,16H,2H2,1H3/b9-8+/t11-/m1/s1. The van der Waals surface area contributed by atoms with Gasteiger partial charge in [0, 0.05) is 0 Å². The Balaban J connectivity index is 2.75. The quantitative estimate of drug-likeness (QED) is 0.368. The summed E-state index contributed by atoms with van der Waals surface area (Å²) in [6, 6.07) is 9.23. The summed E-state index contributed by atoms with van der Waals surface area (Å²) in [5, 5.41) is 9.69. The summed E-state index contributed by atoms with van der Waals surface area (Å²) in [5.74, 6) is -0.842. The molecule has 18 heavy (non-hydrogen) atoms. The van der Waals surface area contributed by atoms with E-state index in [1.807, 2.05) is 30.3 Å². The van der Waals surface area contributed by atoms with Crippen molar-refractivity contribution in [2.24, 2.45) is 0 Å². The third-order valence-corrected chi connectivity index (χ3v) is 2.14. The Morgan fingerprint density at radius 1 is 1.50 bits per heavy atom. The monoisotopic (exact) mass is 246 g/mol. The highest BCUT2D eigenvalue weighted by Crippen LogP contribution is 2.03. The van der Waals surface area contributed by atoms with Crippen LogP contribution in [0.4, 0.5) is 0 Å². The van der Waals surface area contributed by atoms with Gasteiger partial charge in [0.15, 0.2) is 6.10 Å². The van der Waals surface area contributed by atoms with Crippen molar-refractivity contribution >= 4 is 17.8 Å². The highest BCUT2D eigenvalue weighted by atomic mass is 16.5. The Bertz CT molecular complexity index is 476. The van der Waals surface area contributed by atoms with Crippen molar-refractivity contribution in [1.82, 2.24) is 0 Å². The molecule has 0 aromatic heterocycles. The van der Waals surface area contributed by atoms with Crippen molar-refractivity contribution in [3.63, 3.8) is 0 Å². The molecule has 0 saturated carbocycles. The number of ether oxygens (including phenoxy) is 1. The molecule has 5 nitrogen and oxygen atoms in total. The summed E-state index contributed by atoms with van der Waals surface area (Å²) in [6.07, 6.45) is 1.66. The van der Waals surface area contributed by atoms with Crippen molar-refractivity contribution in [2.45, 2.75) is 13.0 Å². The number of benzene rings is 1. The van der Waals surface area contributed by atoms with Crippen LogP contribution in [-0.4, -0.2) is 34.3 Å². The third kappa shape index (κ3) is 3.97. The summed E-state index contributed by atoms with van der Waals surface area (Å²) >= 11 is 0. The lowest BCUT2D eigenvalue weighted by molar-refractivity contribution is -0.141. The van der Waals surface area contributed by atoms with Gasteiger partial charge in [-0.25, -0.2) is 4.79 Å². The summed E-state index contributed by atoms with van der Waals surface area (Å²) in [7, 11) is 0. The van der Waals surface area contributed by atoms with E-state index in [9.17, 15) is 9.90 Å². The van der Waals surface area contributed by atoms with Gasteiger partial charge in [0.2, 0.25) is 0 Å². The zero-order valence-corrected chi connectivity index (χ0v) is 9.98. The molecule has 1 rings (SSSR count). The van der Waals surface area contributed by atoms with Gasteiger partial charge in [0.25, 0.3) is 0 Å². The van der Waals surface area contributed by atoms with E-state index in [0.717, 1.165) is 5.56 Å². The van der Waals surface area contributed by atoms with E-state index in [0.29, 0.717) is 0 Å². The van der Waals surface area contributed by atoms with E-state index in [1.165, 1.54) is 6.08 Å². The number of esters is 1. The molecule has 0 fully saturated rings. The van der Waals surface area contributed by atoms with Crippen LogP contribution in [0.15, 0.2) is 36.4 Å². The van der Waals surface area contributed by atoms with E-state index in [2.05, 4.69) is 9.53 Å². The van der Waals surface area contributed by atoms with Gasteiger partial charge in [-0.15, -0.1) is 0 Å². The fourth-order valence-electron chi connectivity index (χ4n) is 1.28. The lowest BCUT2D eigenvalue weighted by Crippen LogP contribution is -2.29. The Kier molecular flexibility index (Phi) is 5.51. The fraction of sp³-hybridized carbons (Fsp3) is 0.231. The minimum Gasteiger partial charge on any atom is -0.457 e. The van der Waals surface area contributed by atoms with Crippen LogP contribution in [0, 0.1) is 0 Å². The minimum atomic E-state index is -1.31. The normalized spacial score (nSPS) is 11.9. The van der Waals surface area contributed by atoms with Crippen molar-refractivity contribution in [1.29, 1.82) is 0 Å². The van der Waals surface area contributed by atoms with E-state index < -0.39 is 17.8 Å². The van der Waals surface area contributed by atoms with Gasteiger partial charge < -0.3 is 15.4 Å². The van der Waals surface area contributed by atoms with Crippen LogP contribution in [0.3, 0.4) is 0 Å². The first-order valence-corrected chi connectivity index (χ1v) is 5.49. The number of aliphatic hydroxyl groups is 1. The predicted octanol–water partition coefficient (Wildman–Crippen LogP) is 1.29. The fourth-order valence-corrected chi connectivity index (χ4v) is 1.28. The molecule has 0 spiro atoms. The maximum absolute atomic E-state index is 11.3. The zero-order valence-electron chi connectivity index (χ0n) is 9.98. The molecule has 1 aromatic carbocycles. The second-order valence-corrected chi connectivity index (χ2v) is 3.42. The molecule has 0 bridgehead atoms. The minimum absolute atomic E-state index is 0.146. The number of carbonyl (C=O) groups excluding carboxylic acids is 1. The molecule has 1 aromatic rings. The van der Waals surface area contributed by atoms with Gasteiger partial charge in [0.05, 0.1) is 6.61 Å². The Morgan fingerprint density at radius 2 is 2.17 bits per heavy atom. The largest absolute Gasteiger partial charge is 0.457 e. The smallest absolute Gasteiger partial charge is 0.420 e. The number of nitrogens with zero attached hydrogens (tertiary/aromatic N) is 2. The first-order valence-electron chi connectivity index (χ1n) is 5.49. The van der Waals surface area contributed by atoms with E-state index in [4.69, 9.17) is 5.53 Å². The summed E-state index contributed by atoms with van der Waals surface area (Å²) in [4.78, 5) is 14.1. The maximum atomic E-state index is 11.3. The molecule has 0 aliphatic heterocycles. The number of carbonyl (C=O) groups is 1. The SMILES string of the molecule is CCOC(=O)C(=[N+]=[N-])[C@H](O)/C=C/c1ccccc1. The van der Waals surface area contributed by atoms with Crippen molar-refractivity contribution in [3.8, 4) is 0 Å². The second kappa shape index (κ2) is 7.17. The topological polar surface area (TPSA) is 82.9 Å². The Morgan fingerprint density at radius 3 is 2.72 bits per heavy atom. The van der Waals surface area contributed by atoms with Gasteiger partial charge in [-0.1, -0.05) is 36.4 Å². The molecule has 0 heterocycles. The molecule has 1 atom stereocenters. The predicted molar refractivity (Wildman–Crippen MR) is 66.7 cm³/mol. The van der Waals surface area contributed by atoms with Crippen LogP contribution in [0.25, 0.3) is 11.6 Å². The molecule has 0 amide bonds. The first kappa shape index (κ1) is 13.8. The Hall–Kier alpha value is -2.23. The Labute approximate surface area is 105 Å². The molecule has 0 aliphatic rings. The number of hydrogen-bond donors (Lipinski definition) is 1. The zero-order chi connectivity index (χ0) is 13.4. The summed E-state index contributed by atoms with van der Waals surface area (Å²) in [6.45, 7) is 1.77. The van der Waals surface area contributed by atoms with Gasteiger partial charge in [-0.3, -0.25) is 0 Å². The van der Waals surface area contributed by atoms with Crippen LogP contribution in [0.5, 0.6) is 0 Å². The molecule has 94 valence electrons.